The predicted molar refractivity (Wildman–Crippen MR) is 59.4 cm³/mol. The fourth-order valence-corrected chi connectivity index (χ4v) is 1.74. The van der Waals surface area contributed by atoms with Crippen molar-refractivity contribution in [3.63, 3.8) is 0 Å². The van der Waals surface area contributed by atoms with Crippen molar-refractivity contribution in [3.8, 4) is 0 Å². The minimum Gasteiger partial charge on any atom is -0.452 e. The van der Waals surface area contributed by atoms with Gasteiger partial charge in [0.05, 0.1) is 6.54 Å². The standard InChI is InChI=1S/C10H13BrN2O2/c11-9-5-4-8(15-9)6-12-10(14)13-7-2-1-3-7/h4-5,7H,1-3,6H2,(H2,12,13,14). The zero-order valence-electron chi connectivity index (χ0n) is 8.25. The van der Waals surface area contributed by atoms with Gasteiger partial charge in [0.15, 0.2) is 4.67 Å². The molecular weight excluding hydrogens is 260 g/mol. The molecule has 0 bridgehead atoms. The number of urea groups is 1. The molecule has 0 atom stereocenters. The Labute approximate surface area is 96.5 Å². The van der Waals surface area contributed by atoms with Gasteiger partial charge in [0.1, 0.15) is 5.76 Å². The zero-order valence-corrected chi connectivity index (χ0v) is 9.84. The minimum absolute atomic E-state index is 0.118. The van der Waals surface area contributed by atoms with Gasteiger partial charge in [-0.15, -0.1) is 0 Å². The molecule has 1 aliphatic rings. The molecule has 0 aliphatic heterocycles. The van der Waals surface area contributed by atoms with Crippen LogP contribution in [0.2, 0.25) is 0 Å². The van der Waals surface area contributed by atoms with E-state index in [-0.39, 0.29) is 6.03 Å². The van der Waals surface area contributed by atoms with E-state index < -0.39 is 0 Å². The SMILES string of the molecule is O=C(NCc1ccc(Br)o1)NC1CCC1. The fraction of sp³-hybridized carbons (Fsp3) is 0.500. The van der Waals surface area contributed by atoms with Crippen LogP contribution in [0.25, 0.3) is 0 Å². The molecule has 1 fully saturated rings. The van der Waals surface area contributed by atoms with Crippen molar-refractivity contribution < 1.29 is 9.21 Å². The molecule has 82 valence electrons. The second-order valence-corrected chi connectivity index (χ2v) is 4.44. The number of carbonyl (C=O) groups is 1. The first-order valence-corrected chi connectivity index (χ1v) is 5.82. The highest BCUT2D eigenvalue weighted by atomic mass is 79.9. The van der Waals surface area contributed by atoms with Gasteiger partial charge in [-0.2, -0.15) is 0 Å². The quantitative estimate of drug-likeness (QED) is 0.888. The van der Waals surface area contributed by atoms with Crippen molar-refractivity contribution in [2.24, 2.45) is 0 Å². The summed E-state index contributed by atoms with van der Waals surface area (Å²) in [6.07, 6.45) is 3.41. The summed E-state index contributed by atoms with van der Waals surface area (Å²) in [4.78, 5) is 11.4. The average molecular weight is 273 g/mol. The van der Waals surface area contributed by atoms with Gasteiger partial charge in [0.2, 0.25) is 0 Å². The molecular formula is C10H13BrN2O2. The van der Waals surface area contributed by atoms with Crippen LogP contribution in [0.3, 0.4) is 0 Å². The molecule has 1 heterocycles. The van der Waals surface area contributed by atoms with E-state index in [0.717, 1.165) is 18.6 Å². The highest BCUT2D eigenvalue weighted by Crippen LogP contribution is 2.17. The smallest absolute Gasteiger partial charge is 0.315 e. The normalized spacial score (nSPS) is 15.8. The molecule has 4 nitrogen and oxygen atoms in total. The van der Waals surface area contributed by atoms with Gasteiger partial charge < -0.3 is 15.1 Å². The van der Waals surface area contributed by atoms with E-state index in [9.17, 15) is 4.79 Å². The van der Waals surface area contributed by atoms with Gasteiger partial charge in [-0.3, -0.25) is 0 Å². The van der Waals surface area contributed by atoms with Crippen molar-refractivity contribution in [3.05, 3.63) is 22.6 Å². The summed E-state index contributed by atoms with van der Waals surface area (Å²) < 4.78 is 5.93. The average Bonchev–Trinajstić information content (AvgIpc) is 2.55. The number of hydrogen-bond donors (Lipinski definition) is 2. The monoisotopic (exact) mass is 272 g/mol. The van der Waals surface area contributed by atoms with Crippen LogP contribution in [0.15, 0.2) is 21.2 Å². The van der Waals surface area contributed by atoms with Gasteiger partial charge in [-0.05, 0) is 47.3 Å². The van der Waals surface area contributed by atoms with Gasteiger partial charge in [-0.25, -0.2) is 4.79 Å². The Balaban J connectivity index is 1.70. The van der Waals surface area contributed by atoms with Crippen molar-refractivity contribution in [2.75, 3.05) is 0 Å². The summed E-state index contributed by atoms with van der Waals surface area (Å²) in [7, 11) is 0. The van der Waals surface area contributed by atoms with Crippen LogP contribution in [-0.2, 0) is 6.54 Å². The summed E-state index contributed by atoms with van der Waals surface area (Å²) >= 11 is 3.20. The predicted octanol–water partition coefficient (Wildman–Crippen LogP) is 2.39. The minimum atomic E-state index is -0.118. The number of furan rings is 1. The molecule has 2 N–H and O–H groups in total. The summed E-state index contributed by atoms with van der Waals surface area (Å²) in [5.74, 6) is 0.741. The zero-order chi connectivity index (χ0) is 10.7. The molecule has 1 saturated carbocycles. The summed E-state index contributed by atoms with van der Waals surface area (Å²) in [5, 5.41) is 5.64. The van der Waals surface area contributed by atoms with Gasteiger partial charge in [0, 0.05) is 6.04 Å². The van der Waals surface area contributed by atoms with Crippen molar-refractivity contribution in [2.45, 2.75) is 31.8 Å². The molecule has 2 rings (SSSR count). The molecule has 2 amide bonds. The summed E-state index contributed by atoms with van der Waals surface area (Å²) in [6, 6.07) is 3.88. The number of carbonyl (C=O) groups excluding carboxylic acids is 1. The number of rotatable bonds is 3. The number of nitrogens with one attached hydrogen (secondary N) is 2. The highest BCUT2D eigenvalue weighted by Gasteiger charge is 2.18. The molecule has 0 spiro atoms. The molecule has 0 radical (unpaired) electrons. The number of halogens is 1. The van der Waals surface area contributed by atoms with E-state index in [1.54, 1.807) is 6.07 Å². The van der Waals surface area contributed by atoms with E-state index >= 15 is 0 Å². The fourth-order valence-electron chi connectivity index (χ4n) is 1.40. The lowest BCUT2D eigenvalue weighted by atomic mass is 9.93. The molecule has 5 heteroatoms. The molecule has 0 saturated heterocycles. The van der Waals surface area contributed by atoms with E-state index in [0.29, 0.717) is 17.3 Å². The molecule has 0 unspecified atom stereocenters. The van der Waals surface area contributed by atoms with Gasteiger partial charge >= 0.3 is 6.03 Å². The Morgan fingerprint density at radius 2 is 2.33 bits per heavy atom. The van der Waals surface area contributed by atoms with Crippen LogP contribution in [0.5, 0.6) is 0 Å². The maximum atomic E-state index is 11.4. The third kappa shape index (κ3) is 2.99. The maximum Gasteiger partial charge on any atom is 0.315 e. The topological polar surface area (TPSA) is 54.3 Å². The molecule has 1 aliphatic carbocycles. The van der Waals surface area contributed by atoms with Crippen molar-refractivity contribution >= 4 is 22.0 Å². The Hall–Kier alpha value is -0.970. The second kappa shape index (κ2) is 4.70. The lowest BCUT2D eigenvalue weighted by Gasteiger charge is -2.26. The summed E-state index contributed by atoms with van der Waals surface area (Å²) in [6.45, 7) is 0.421. The first kappa shape index (κ1) is 10.5. The molecule has 0 aromatic carbocycles. The van der Waals surface area contributed by atoms with E-state index in [2.05, 4.69) is 26.6 Å². The molecule has 1 aromatic rings. The maximum absolute atomic E-state index is 11.4. The molecule has 15 heavy (non-hydrogen) atoms. The second-order valence-electron chi connectivity index (χ2n) is 3.66. The van der Waals surface area contributed by atoms with Crippen molar-refractivity contribution in [1.82, 2.24) is 10.6 Å². The number of hydrogen-bond acceptors (Lipinski definition) is 2. The Kier molecular flexibility index (Phi) is 3.30. The Morgan fingerprint density at radius 3 is 2.87 bits per heavy atom. The van der Waals surface area contributed by atoms with Crippen LogP contribution in [0, 0.1) is 0 Å². The van der Waals surface area contributed by atoms with Crippen LogP contribution in [-0.4, -0.2) is 12.1 Å². The third-order valence-corrected chi connectivity index (χ3v) is 2.92. The first-order chi connectivity index (χ1) is 7.24. The third-order valence-electron chi connectivity index (χ3n) is 2.49. The van der Waals surface area contributed by atoms with E-state index in [4.69, 9.17) is 4.42 Å². The lowest BCUT2D eigenvalue weighted by Crippen LogP contribution is -2.44. The van der Waals surface area contributed by atoms with Crippen LogP contribution >= 0.6 is 15.9 Å². The van der Waals surface area contributed by atoms with Crippen LogP contribution < -0.4 is 10.6 Å². The highest BCUT2D eigenvalue weighted by molar-refractivity contribution is 9.10. The largest absolute Gasteiger partial charge is 0.452 e. The van der Waals surface area contributed by atoms with Crippen molar-refractivity contribution in [1.29, 1.82) is 0 Å². The summed E-state index contributed by atoms with van der Waals surface area (Å²) in [5.41, 5.74) is 0. The molecule has 1 aromatic heterocycles. The van der Waals surface area contributed by atoms with E-state index in [1.807, 2.05) is 6.07 Å². The Morgan fingerprint density at radius 1 is 1.53 bits per heavy atom. The van der Waals surface area contributed by atoms with E-state index in [1.165, 1.54) is 6.42 Å². The van der Waals surface area contributed by atoms with Crippen LogP contribution in [0.1, 0.15) is 25.0 Å². The Bertz CT molecular complexity index is 347. The first-order valence-electron chi connectivity index (χ1n) is 5.02. The number of amides is 2. The van der Waals surface area contributed by atoms with Gasteiger partial charge in [-0.1, -0.05) is 0 Å². The van der Waals surface area contributed by atoms with Crippen LogP contribution in [0.4, 0.5) is 4.79 Å². The van der Waals surface area contributed by atoms with Gasteiger partial charge in [0.25, 0.3) is 0 Å². The lowest BCUT2D eigenvalue weighted by molar-refractivity contribution is 0.227.